The summed E-state index contributed by atoms with van der Waals surface area (Å²) < 4.78 is 10.4. The van der Waals surface area contributed by atoms with Crippen molar-refractivity contribution in [1.29, 1.82) is 0 Å². The molecule has 0 saturated carbocycles. The van der Waals surface area contributed by atoms with E-state index in [2.05, 4.69) is 20.7 Å². The van der Waals surface area contributed by atoms with Crippen LogP contribution in [0, 0.1) is 0 Å². The third kappa shape index (κ3) is 3.66. The number of carbonyl (C=O) groups is 1. The Bertz CT molecular complexity index is 313. The Morgan fingerprint density at radius 1 is 1.36 bits per heavy atom. The average Bonchev–Trinajstić information content (AvgIpc) is 2.15. The second-order valence-electron chi connectivity index (χ2n) is 2.39. The van der Waals surface area contributed by atoms with Crippen molar-refractivity contribution in [2.45, 2.75) is 0 Å². The molecule has 0 aliphatic heterocycles. The van der Waals surface area contributed by atoms with Crippen LogP contribution in [0.3, 0.4) is 0 Å². The number of benzene rings is 1. The van der Waals surface area contributed by atoms with Crippen molar-refractivity contribution in [3.8, 4) is 5.75 Å². The Hall–Kier alpha value is -1.23. The molecule has 14 heavy (non-hydrogen) atoms. The van der Waals surface area contributed by atoms with Crippen LogP contribution in [0.25, 0.3) is 0 Å². The van der Waals surface area contributed by atoms with E-state index in [9.17, 15) is 4.79 Å². The molecule has 4 nitrogen and oxygen atoms in total. The molecule has 0 amide bonds. The summed E-state index contributed by atoms with van der Waals surface area (Å²) in [7, 11) is 0. The molecule has 1 aromatic rings. The van der Waals surface area contributed by atoms with Crippen molar-refractivity contribution in [1.82, 2.24) is 0 Å². The first-order valence-corrected chi connectivity index (χ1v) is 4.72. The minimum atomic E-state index is -1.29. The molecule has 0 saturated heterocycles. The molecule has 0 aliphatic carbocycles. The van der Waals surface area contributed by atoms with Crippen LogP contribution < -0.4 is 4.74 Å². The maximum Gasteiger partial charge on any atom is 0.505 e. The van der Waals surface area contributed by atoms with Gasteiger partial charge in [-0.15, -0.1) is 0 Å². The summed E-state index contributed by atoms with van der Waals surface area (Å²) in [5.74, 6) is 0.668. The van der Waals surface area contributed by atoms with Crippen molar-refractivity contribution in [2.75, 3.05) is 13.2 Å². The number of hydrogen-bond donors (Lipinski definition) is 1. The second-order valence-corrected chi connectivity index (χ2v) is 3.25. The Labute approximate surface area is 89.6 Å². The van der Waals surface area contributed by atoms with Crippen LogP contribution >= 0.6 is 15.9 Å². The zero-order chi connectivity index (χ0) is 10.4. The predicted molar refractivity (Wildman–Crippen MR) is 53.6 cm³/mol. The van der Waals surface area contributed by atoms with E-state index in [-0.39, 0.29) is 13.2 Å². The van der Waals surface area contributed by atoms with E-state index < -0.39 is 6.16 Å². The number of carboxylic acid groups (broad SMARTS) is 1. The summed E-state index contributed by atoms with van der Waals surface area (Å²) in [4.78, 5) is 9.99. The van der Waals surface area contributed by atoms with Gasteiger partial charge in [0.1, 0.15) is 19.0 Å². The fourth-order valence-corrected chi connectivity index (χ4v) is 1.24. The summed E-state index contributed by atoms with van der Waals surface area (Å²) in [6, 6.07) is 7.32. The normalized spacial score (nSPS) is 9.50. The van der Waals surface area contributed by atoms with E-state index in [1.807, 2.05) is 18.2 Å². The van der Waals surface area contributed by atoms with E-state index in [0.717, 1.165) is 4.47 Å². The molecule has 0 radical (unpaired) electrons. The van der Waals surface area contributed by atoms with Gasteiger partial charge >= 0.3 is 6.16 Å². The van der Waals surface area contributed by atoms with Gasteiger partial charge in [-0.25, -0.2) is 4.79 Å². The van der Waals surface area contributed by atoms with Crippen LogP contribution in [0.1, 0.15) is 0 Å². The fraction of sp³-hybridized carbons (Fsp3) is 0.222. The van der Waals surface area contributed by atoms with E-state index in [4.69, 9.17) is 9.84 Å². The highest BCUT2D eigenvalue weighted by molar-refractivity contribution is 9.10. The lowest BCUT2D eigenvalue weighted by Crippen LogP contribution is -2.10. The van der Waals surface area contributed by atoms with E-state index >= 15 is 0 Å². The lowest BCUT2D eigenvalue weighted by atomic mass is 10.3. The Morgan fingerprint density at radius 3 is 2.71 bits per heavy atom. The summed E-state index contributed by atoms with van der Waals surface area (Å²) >= 11 is 3.30. The lowest BCUT2D eigenvalue weighted by molar-refractivity contribution is 0.0780. The average molecular weight is 261 g/mol. The molecule has 0 spiro atoms. The summed E-state index contributed by atoms with van der Waals surface area (Å²) in [6.07, 6.45) is -1.29. The molecule has 1 rings (SSSR count). The van der Waals surface area contributed by atoms with E-state index in [1.54, 1.807) is 6.07 Å². The smallest absolute Gasteiger partial charge is 0.489 e. The third-order valence-corrected chi connectivity index (χ3v) is 2.06. The molecule has 76 valence electrons. The van der Waals surface area contributed by atoms with Crippen LogP contribution in [-0.2, 0) is 4.74 Å². The van der Waals surface area contributed by atoms with Gasteiger partial charge in [0.15, 0.2) is 0 Å². The van der Waals surface area contributed by atoms with Crippen molar-refractivity contribution >= 4 is 22.1 Å². The molecule has 0 atom stereocenters. The summed E-state index contributed by atoms with van der Waals surface area (Å²) in [5, 5.41) is 8.18. The highest BCUT2D eigenvalue weighted by atomic mass is 79.9. The van der Waals surface area contributed by atoms with Gasteiger partial charge in [-0.1, -0.05) is 12.1 Å². The molecule has 0 heterocycles. The highest BCUT2D eigenvalue weighted by Crippen LogP contribution is 2.23. The van der Waals surface area contributed by atoms with Crippen molar-refractivity contribution in [3.05, 3.63) is 28.7 Å². The van der Waals surface area contributed by atoms with Crippen molar-refractivity contribution in [2.24, 2.45) is 0 Å². The first kappa shape index (κ1) is 10.8. The number of hydrogen-bond acceptors (Lipinski definition) is 3. The van der Waals surface area contributed by atoms with Gasteiger partial charge in [-0.2, -0.15) is 0 Å². The first-order valence-electron chi connectivity index (χ1n) is 3.93. The summed E-state index contributed by atoms with van der Waals surface area (Å²) in [5.41, 5.74) is 0. The molecule has 0 bridgehead atoms. The monoisotopic (exact) mass is 260 g/mol. The predicted octanol–water partition coefficient (Wildman–Crippen LogP) is 2.52. The van der Waals surface area contributed by atoms with Crippen molar-refractivity contribution < 1.29 is 19.4 Å². The van der Waals surface area contributed by atoms with Gasteiger partial charge < -0.3 is 14.6 Å². The number of halogens is 1. The molecule has 1 N–H and O–H groups in total. The van der Waals surface area contributed by atoms with Crippen molar-refractivity contribution in [3.63, 3.8) is 0 Å². The van der Waals surface area contributed by atoms with Crippen LogP contribution in [-0.4, -0.2) is 24.5 Å². The number of para-hydroxylation sites is 1. The van der Waals surface area contributed by atoms with Gasteiger partial charge in [-0.3, -0.25) is 0 Å². The SMILES string of the molecule is O=C(O)OCCOc1ccccc1Br. The van der Waals surface area contributed by atoms with Crippen LogP contribution in [0.4, 0.5) is 4.79 Å². The largest absolute Gasteiger partial charge is 0.505 e. The molecular formula is C9H9BrO4. The molecule has 5 heteroatoms. The summed E-state index contributed by atoms with van der Waals surface area (Å²) in [6.45, 7) is 0.228. The quantitative estimate of drug-likeness (QED) is 0.668. The molecule has 1 aromatic carbocycles. The minimum Gasteiger partial charge on any atom is -0.489 e. The molecule has 0 aliphatic rings. The van der Waals surface area contributed by atoms with E-state index in [1.165, 1.54) is 0 Å². The van der Waals surface area contributed by atoms with Crippen LogP contribution in [0.2, 0.25) is 0 Å². The van der Waals surface area contributed by atoms with Crippen LogP contribution in [0.15, 0.2) is 28.7 Å². The van der Waals surface area contributed by atoms with E-state index in [0.29, 0.717) is 5.75 Å². The van der Waals surface area contributed by atoms with Gasteiger partial charge in [0.05, 0.1) is 4.47 Å². The van der Waals surface area contributed by atoms with Crippen LogP contribution in [0.5, 0.6) is 5.75 Å². The standard InChI is InChI=1S/C9H9BrO4/c10-7-3-1-2-4-8(7)13-5-6-14-9(11)12/h1-4H,5-6H2,(H,11,12). The molecule has 0 unspecified atom stereocenters. The minimum absolute atomic E-state index is 0.0245. The maximum absolute atomic E-state index is 9.99. The first-order chi connectivity index (χ1) is 6.70. The Morgan fingerprint density at radius 2 is 2.07 bits per heavy atom. The van der Waals surface area contributed by atoms with Gasteiger partial charge in [0, 0.05) is 0 Å². The third-order valence-electron chi connectivity index (χ3n) is 1.40. The Balaban J connectivity index is 2.31. The zero-order valence-electron chi connectivity index (χ0n) is 7.27. The highest BCUT2D eigenvalue weighted by Gasteiger charge is 2.00. The molecule has 0 aromatic heterocycles. The van der Waals surface area contributed by atoms with Gasteiger partial charge in [0.2, 0.25) is 0 Å². The fourth-order valence-electron chi connectivity index (χ4n) is 0.842. The second kappa shape index (κ2) is 5.49. The lowest BCUT2D eigenvalue weighted by Gasteiger charge is -2.06. The zero-order valence-corrected chi connectivity index (χ0v) is 8.86. The van der Waals surface area contributed by atoms with Gasteiger partial charge in [-0.05, 0) is 28.1 Å². The van der Waals surface area contributed by atoms with Gasteiger partial charge in [0.25, 0.3) is 0 Å². The molecule has 0 fully saturated rings. The Kier molecular flexibility index (Phi) is 4.25. The topological polar surface area (TPSA) is 55.8 Å². The number of ether oxygens (including phenoxy) is 2. The molecular weight excluding hydrogens is 252 g/mol. The maximum atomic E-state index is 9.99. The number of rotatable bonds is 4.